The lowest BCUT2D eigenvalue weighted by molar-refractivity contribution is -0.141. The number of carbonyl (C=O) groups is 3. The number of nitrogens with one attached hydrogen (secondary N) is 2. The SMILES string of the molecule is C#Cc1ccc(C(C(=O)Nc2c(C)cccc2Cl)N(CCCC)C(=O)C(CO)NC(=O)OC(C)(C)C)cc1. The minimum atomic E-state index is -1.33. The average molecular weight is 542 g/mol. The predicted octanol–water partition coefficient (Wildman–Crippen LogP) is 4.82. The third-order valence-corrected chi connectivity index (χ3v) is 5.95. The molecule has 0 heterocycles. The number of carbonyl (C=O) groups excluding carboxylic acids is 3. The van der Waals surface area contributed by atoms with E-state index in [0.717, 1.165) is 12.0 Å². The van der Waals surface area contributed by atoms with Gasteiger partial charge >= 0.3 is 6.09 Å². The van der Waals surface area contributed by atoms with E-state index >= 15 is 0 Å². The van der Waals surface area contributed by atoms with Gasteiger partial charge < -0.3 is 25.4 Å². The van der Waals surface area contributed by atoms with E-state index in [1.54, 1.807) is 57.2 Å². The smallest absolute Gasteiger partial charge is 0.408 e. The van der Waals surface area contributed by atoms with E-state index in [4.69, 9.17) is 22.8 Å². The molecule has 9 heteroatoms. The molecule has 2 atom stereocenters. The molecule has 0 bridgehead atoms. The van der Waals surface area contributed by atoms with Crippen LogP contribution in [0.25, 0.3) is 0 Å². The van der Waals surface area contributed by atoms with Crippen molar-refractivity contribution in [3.05, 3.63) is 64.2 Å². The number of halogens is 1. The summed E-state index contributed by atoms with van der Waals surface area (Å²) in [7, 11) is 0. The lowest BCUT2D eigenvalue weighted by Crippen LogP contribution is -2.54. The molecule has 0 aromatic heterocycles. The second kappa shape index (κ2) is 13.8. The van der Waals surface area contributed by atoms with Crippen molar-refractivity contribution < 1.29 is 24.2 Å². The largest absolute Gasteiger partial charge is 0.444 e. The van der Waals surface area contributed by atoms with E-state index < -0.39 is 42.2 Å². The fourth-order valence-electron chi connectivity index (χ4n) is 3.75. The molecule has 2 aromatic rings. The topological polar surface area (TPSA) is 108 Å². The summed E-state index contributed by atoms with van der Waals surface area (Å²) in [5.41, 5.74) is 1.49. The van der Waals surface area contributed by atoms with Crippen LogP contribution >= 0.6 is 11.6 Å². The van der Waals surface area contributed by atoms with Crippen LogP contribution in [-0.2, 0) is 14.3 Å². The number of hydrogen-bond donors (Lipinski definition) is 3. The summed E-state index contributed by atoms with van der Waals surface area (Å²) in [4.78, 5) is 41.3. The van der Waals surface area contributed by atoms with Crippen LogP contribution in [0.1, 0.15) is 63.3 Å². The van der Waals surface area contributed by atoms with E-state index in [1.807, 2.05) is 19.9 Å². The van der Waals surface area contributed by atoms with Crippen LogP contribution in [-0.4, -0.2) is 52.7 Å². The quantitative estimate of drug-likeness (QED) is 0.374. The molecule has 2 rings (SSSR count). The molecule has 0 aliphatic carbocycles. The highest BCUT2D eigenvalue weighted by molar-refractivity contribution is 6.34. The van der Waals surface area contributed by atoms with Gasteiger partial charge in [0.25, 0.3) is 5.91 Å². The summed E-state index contributed by atoms with van der Waals surface area (Å²) in [5, 5.41) is 15.7. The number of aliphatic hydroxyl groups is 1. The van der Waals surface area contributed by atoms with Crippen LogP contribution in [0.3, 0.4) is 0 Å². The molecular formula is C29H36ClN3O5. The standard InChI is InChI=1S/C29H36ClN3O5/c1-7-9-17-33(27(36)23(18-34)31-28(37)38-29(4,5)6)25(21-15-13-20(8-2)14-16-21)26(35)32-24-19(3)11-10-12-22(24)30/h2,10-16,23,25,34H,7,9,17-18H2,1,3-6H3,(H,31,37)(H,32,35). The molecule has 0 aliphatic rings. The highest BCUT2D eigenvalue weighted by Gasteiger charge is 2.36. The molecule has 0 radical (unpaired) electrons. The normalized spacial score (nSPS) is 12.6. The zero-order chi connectivity index (χ0) is 28.5. The van der Waals surface area contributed by atoms with Gasteiger partial charge in [-0.1, -0.05) is 55.1 Å². The molecule has 3 N–H and O–H groups in total. The third-order valence-electron chi connectivity index (χ3n) is 5.63. The first-order valence-corrected chi connectivity index (χ1v) is 12.8. The summed E-state index contributed by atoms with van der Waals surface area (Å²) in [6, 6.07) is 9.53. The molecule has 204 valence electrons. The Hall–Kier alpha value is -3.54. The second-order valence-electron chi connectivity index (χ2n) is 9.86. The zero-order valence-corrected chi connectivity index (χ0v) is 23.3. The van der Waals surface area contributed by atoms with Crippen molar-refractivity contribution >= 4 is 35.2 Å². The number of rotatable bonds is 10. The number of ether oxygens (including phenoxy) is 1. The van der Waals surface area contributed by atoms with Crippen molar-refractivity contribution in [1.82, 2.24) is 10.2 Å². The van der Waals surface area contributed by atoms with Crippen molar-refractivity contribution in [3.8, 4) is 12.3 Å². The van der Waals surface area contributed by atoms with Gasteiger partial charge in [-0.15, -0.1) is 6.42 Å². The minimum absolute atomic E-state index is 0.193. The maximum absolute atomic E-state index is 13.8. The molecule has 0 saturated heterocycles. The molecule has 38 heavy (non-hydrogen) atoms. The Labute approximate surface area is 229 Å². The Morgan fingerprint density at radius 3 is 2.34 bits per heavy atom. The Morgan fingerprint density at radius 1 is 1.16 bits per heavy atom. The number of benzene rings is 2. The Morgan fingerprint density at radius 2 is 1.82 bits per heavy atom. The molecular weight excluding hydrogens is 506 g/mol. The number of aliphatic hydroxyl groups excluding tert-OH is 1. The fourth-order valence-corrected chi connectivity index (χ4v) is 4.02. The van der Waals surface area contributed by atoms with Crippen LogP contribution in [0.15, 0.2) is 42.5 Å². The van der Waals surface area contributed by atoms with Crippen LogP contribution in [0.5, 0.6) is 0 Å². The van der Waals surface area contributed by atoms with Crippen LogP contribution in [0, 0.1) is 19.3 Å². The number of para-hydroxylation sites is 1. The zero-order valence-electron chi connectivity index (χ0n) is 22.5. The van der Waals surface area contributed by atoms with Crippen molar-refractivity contribution in [3.63, 3.8) is 0 Å². The molecule has 2 unspecified atom stereocenters. The highest BCUT2D eigenvalue weighted by atomic mass is 35.5. The maximum Gasteiger partial charge on any atom is 0.408 e. The molecule has 3 amide bonds. The van der Waals surface area contributed by atoms with Crippen molar-refractivity contribution in [1.29, 1.82) is 0 Å². The lowest BCUT2D eigenvalue weighted by Gasteiger charge is -2.34. The monoisotopic (exact) mass is 541 g/mol. The maximum atomic E-state index is 13.8. The number of anilines is 1. The fraction of sp³-hybridized carbons (Fsp3) is 0.414. The summed E-state index contributed by atoms with van der Waals surface area (Å²) < 4.78 is 5.26. The first-order chi connectivity index (χ1) is 17.9. The van der Waals surface area contributed by atoms with Gasteiger partial charge in [0.15, 0.2) is 0 Å². The molecule has 2 aromatic carbocycles. The molecule has 8 nitrogen and oxygen atoms in total. The number of alkyl carbamates (subject to hydrolysis) is 1. The van der Waals surface area contributed by atoms with Gasteiger partial charge in [0, 0.05) is 12.1 Å². The van der Waals surface area contributed by atoms with E-state index in [0.29, 0.717) is 28.3 Å². The molecule has 0 spiro atoms. The van der Waals surface area contributed by atoms with E-state index in [1.165, 1.54) is 4.90 Å². The van der Waals surface area contributed by atoms with Gasteiger partial charge in [0.2, 0.25) is 5.91 Å². The highest BCUT2D eigenvalue weighted by Crippen LogP contribution is 2.29. The summed E-state index contributed by atoms with van der Waals surface area (Å²) in [6.07, 6.45) is 5.96. The predicted molar refractivity (Wildman–Crippen MR) is 149 cm³/mol. The van der Waals surface area contributed by atoms with Gasteiger partial charge in [-0.25, -0.2) is 4.79 Å². The molecule has 0 fully saturated rings. The van der Waals surface area contributed by atoms with E-state index in [2.05, 4.69) is 16.6 Å². The summed E-state index contributed by atoms with van der Waals surface area (Å²) in [6.45, 7) is 8.33. The Kier molecular flexibility index (Phi) is 11.2. The number of amides is 3. The van der Waals surface area contributed by atoms with Gasteiger partial charge in [-0.05, 0) is 63.4 Å². The van der Waals surface area contributed by atoms with E-state index in [-0.39, 0.29) is 6.54 Å². The van der Waals surface area contributed by atoms with Gasteiger partial charge in [-0.3, -0.25) is 9.59 Å². The third kappa shape index (κ3) is 8.51. The number of terminal acetylenes is 1. The van der Waals surface area contributed by atoms with Gasteiger partial charge in [-0.2, -0.15) is 0 Å². The second-order valence-corrected chi connectivity index (χ2v) is 10.3. The van der Waals surface area contributed by atoms with Crippen molar-refractivity contribution in [2.75, 3.05) is 18.5 Å². The minimum Gasteiger partial charge on any atom is -0.444 e. The Balaban J connectivity index is 2.53. The summed E-state index contributed by atoms with van der Waals surface area (Å²) in [5.74, 6) is 1.40. The first kappa shape index (κ1) is 30.7. The average Bonchev–Trinajstić information content (AvgIpc) is 2.86. The molecule has 0 aliphatic heterocycles. The van der Waals surface area contributed by atoms with Crippen molar-refractivity contribution in [2.24, 2.45) is 0 Å². The summed E-state index contributed by atoms with van der Waals surface area (Å²) >= 11 is 6.36. The van der Waals surface area contributed by atoms with Gasteiger partial charge in [0.05, 0.1) is 17.3 Å². The first-order valence-electron chi connectivity index (χ1n) is 12.4. The molecule has 0 saturated carbocycles. The lowest BCUT2D eigenvalue weighted by atomic mass is 10.0. The van der Waals surface area contributed by atoms with E-state index in [9.17, 15) is 19.5 Å². The van der Waals surface area contributed by atoms with Crippen LogP contribution in [0.2, 0.25) is 5.02 Å². The van der Waals surface area contributed by atoms with Crippen LogP contribution < -0.4 is 10.6 Å². The number of nitrogens with zero attached hydrogens (tertiary/aromatic N) is 1. The Bertz CT molecular complexity index is 1150. The van der Waals surface area contributed by atoms with Crippen molar-refractivity contribution in [2.45, 2.75) is 65.1 Å². The number of hydrogen-bond acceptors (Lipinski definition) is 5. The number of unbranched alkanes of at least 4 members (excludes halogenated alkanes) is 1. The van der Waals surface area contributed by atoms with Crippen LogP contribution in [0.4, 0.5) is 10.5 Å². The number of aryl methyl sites for hydroxylation is 1. The van der Waals surface area contributed by atoms with Gasteiger partial charge in [0.1, 0.15) is 17.7 Å².